The van der Waals surface area contributed by atoms with Gasteiger partial charge in [0.15, 0.2) is 10.9 Å². The number of nitrogens with zero attached hydrogens (tertiary/aromatic N) is 2. The molecule has 2 aliphatic heterocycles. The fourth-order valence-electron chi connectivity index (χ4n) is 6.59. The Morgan fingerprint density at radius 1 is 1.00 bits per heavy atom. The predicted octanol–water partition coefficient (Wildman–Crippen LogP) is 2.99. The molecule has 272 valence electrons. The highest BCUT2D eigenvalue weighted by atomic mass is 32.1. The smallest absolute Gasteiger partial charge is 0.246 e. The predicted molar refractivity (Wildman–Crippen MR) is 194 cm³/mol. The minimum absolute atomic E-state index is 0.0438. The number of amides is 4. The van der Waals surface area contributed by atoms with E-state index in [1.165, 1.54) is 16.2 Å². The molecule has 6 atom stereocenters. The van der Waals surface area contributed by atoms with Crippen LogP contribution in [0.5, 0.6) is 0 Å². The first kappa shape index (κ1) is 37.6. The molecule has 51 heavy (non-hydrogen) atoms. The number of aromatic nitrogens is 1. The molecule has 0 aliphatic carbocycles. The van der Waals surface area contributed by atoms with Crippen LogP contribution in [0.2, 0.25) is 0 Å². The normalized spacial score (nSPS) is 21.5. The van der Waals surface area contributed by atoms with E-state index in [0.29, 0.717) is 36.7 Å². The number of hydrogen-bond donors (Lipinski definition) is 4. The fourth-order valence-corrected chi connectivity index (χ4v) is 7.15. The van der Waals surface area contributed by atoms with Gasteiger partial charge in [-0.2, -0.15) is 0 Å². The average Bonchev–Trinajstić information content (AvgIpc) is 3.63. The maximum absolute atomic E-state index is 14.2. The van der Waals surface area contributed by atoms with Gasteiger partial charge >= 0.3 is 0 Å². The molecule has 2 aromatic carbocycles. The summed E-state index contributed by atoms with van der Waals surface area (Å²) in [7, 11) is 0. The van der Waals surface area contributed by atoms with Crippen molar-refractivity contribution in [1.29, 1.82) is 0 Å². The Kier molecular flexibility index (Phi) is 12.2. The maximum atomic E-state index is 14.2. The number of nitrogens with one attached hydrogen (secondary N) is 3. The molecule has 2 aliphatic rings. The first-order chi connectivity index (χ1) is 24.3. The molecule has 3 heterocycles. The van der Waals surface area contributed by atoms with Crippen molar-refractivity contribution in [1.82, 2.24) is 25.8 Å². The zero-order valence-electron chi connectivity index (χ0n) is 29.6. The van der Waals surface area contributed by atoms with Crippen LogP contribution in [0.25, 0.3) is 0 Å². The van der Waals surface area contributed by atoms with Crippen molar-refractivity contribution in [3.05, 3.63) is 82.9 Å². The van der Waals surface area contributed by atoms with E-state index in [-0.39, 0.29) is 31.0 Å². The van der Waals surface area contributed by atoms with E-state index in [0.717, 1.165) is 11.1 Å². The molecule has 5 rings (SSSR count). The number of nitrogen functional groups attached to an aromatic ring is 1. The number of anilines is 1. The molecule has 3 aromatic rings. The molecule has 0 spiro atoms. The van der Waals surface area contributed by atoms with Crippen LogP contribution in [0, 0.1) is 5.92 Å². The molecular weight excluding hydrogens is 669 g/mol. The quantitative estimate of drug-likeness (QED) is 0.154. The lowest BCUT2D eigenvalue weighted by molar-refractivity contribution is -0.142. The van der Waals surface area contributed by atoms with Crippen molar-refractivity contribution >= 4 is 45.9 Å². The molecule has 2 saturated heterocycles. The van der Waals surface area contributed by atoms with Crippen LogP contribution in [0.4, 0.5) is 5.13 Å². The van der Waals surface area contributed by atoms with Crippen molar-refractivity contribution in [2.45, 2.75) is 102 Å². The van der Waals surface area contributed by atoms with E-state index >= 15 is 0 Å². The number of carbonyl (C=O) groups is 5. The Bertz CT molecular complexity index is 1690. The maximum Gasteiger partial charge on any atom is 0.246 e. The third kappa shape index (κ3) is 10.0. The second-order valence-electron chi connectivity index (χ2n) is 14.2. The average molecular weight is 717 g/mol. The SMILES string of the molecule is CC(C)CC(NC(=O)C(Cc1ccccc1)N1C(=O)C(NC(=O)C(CCc2ccccc2)NC(=O)Cc2csc(N)n2)CC1C)C(=O)C1(C)CO1. The van der Waals surface area contributed by atoms with E-state index in [9.17, 15) is 24.0 Å². The zero-order chi connectivity index (χ0) is 36.7. The van der Waals surface area contributed by atoms with Crippen LogP contribution < -0.4 is 21.7 Å². The topological polar surface area (TPSA) is 176 Å². The van der Waals surface area contributed by atoms with Crippen LogP contribution in [0.1, 0.15) is 63.8 Å². The number of benzene rings is 2. The molecule has 0 bridgehead atoms. The lowest BCUT2D eigenvalue weighted by Gasteiger charge is -2.33. The van der Waals surface area contributed by atoms with Crippen LogP contribution >= 0.6 is 11.3 Å². The summed E-state index contributed by atoms with van der Waals surface area (Å²) in [6, 6.07) is 15.0. The highest BCUT2D eigenvalue weighted by Gasteiger charge is 2.51. The zero-order valence-corrected chi connectivity index (χ0v) is 30.4. The number of thiazole rings is 1. The number of Topliss-reactive ketones (excluding diaryl/α,β-unsaturated/α-hetero) is 1. The molecule has 2 fully saturated rings. The van der Waals surface area contributed by atoms with Gasteiger partial charge in [-0.1, -0.05) is 74.5 Å². The monoisotopic (exact) mass is 716 g/mol. The number of nitrogens with two attached hydrogens (primary N) is 1. The molecule has 12 nitrogen and oxygen atoms in total. The number of likely N-dealkylation sites (tertiary alicyclic amines) is 1. The van der Waals surface area contributed by atoms with E-state index in [1.54, 1.807) is 12.3 Å². The summed E-state index contributed by atoms with van der Waals surface area (Å²) in [5, 5.41) is 10.7. The number of hydrogen-bond acceptors (Lipinski definition) is 9. The summed E-state index contributed by atoms with van der Waals surface area (Å²) in [5.41, 5.74) is 7.16. The van der Waals surface area contributed by atoms with Crippen molar-refractivity contribution < 1.29 is 28.7 Å². The van der Waals surface area contributed by atoms with Gasteiger partial charge in [0.1, 0.15) is 23.7 Å². The third-order valence-corrected chi connectivity index (χ3v) is 10.1. The largest absolute Gasteiger partial charge is 0.375 e. The molecule has 13 heteroatoms. The number of aryl methyl sites for hydroxylation is 1. The van der Waals surface area contributed by atoms with Crippen LogP contribution in [-0.2, 0) is 48.0 Å². The second-order valence-corrected chi connectivity index (χ2v) is 15.1. The third-order valence-electron chi connectivity index (χ3n) is 9.40. The standard InChI is InChI=1S/C38H48N6O6S/c1-23(2)17-29(33(46)38(4)22-50-38)42-35(48)31(19-26-13-9-6-10-14-26)44-24(3)18-30(36(44)49)43-34(47)28(16-15-25-11-7-5-8-12-25)41-32(45)20-27-21-51-37(39)40-27/h5-14,21,23-24,28-31H,15-20,22H2,1-4H3,(H2,39,40)(H,41,45)(H,42,48)(H,43,47). The summed E-state index contributed by atoms with van der Waals surface area (Å²) in [4.78, 5) is 74.3. The Hall–Kier alpha value is -4.62. The summed E-state index contributed by atoms with van der Waals surface area (Å²) >= 11 is 1.23. The van der Waals surface area contributed by atoms with E-state index in [1.807, 2.05) is 81.4 Å². The van der Waals surface area contributed by atoms with Crippen molar-refractivity contribution in [3.63, 3.8) is 0 Å². The summed E-state index contributed by atoms with van der Waals surface area (Å²) in [5.74, 6) is -1.79. The van der Waals surface area contributed by atoms with Gasteiger partial charge in [-0.3, -0.25) is 24.0 Å². The van der Waals surface area contributed by atoms with Gasteiger partial charge in [0.25, 0.3) is 0 Å². The van der Waals surface area contributed by atoms with Gasteiger partial charge in [0, 0.05) is 17.8 Å². The fraction of sp³-hybridized carbons (Fsp3) is 0.474. The van der Waals surface area contributed by atoms with Gasteiger partial charge in [-0.25, -0.2) is 4.98 Å². The lowest BCUT2D eigenvalue weighted by Crippen LogP contribution is -2.57. The van der Waals surface area contributed by atoms with Crippen LogP contribution in [0.3, 0.4) is 0 Å². The Morgan fingerprint density at radius 3 is 2.24 bits per heavy atom. The number of carbonyl (C=O) groups excluding carboxylic acids is 5. The van der Waals surface area contributed by atoms with E-state index in [4.69, 9.17) is 10.5 Å². The van der Waals surface area contributed by atoms with Gasteiger partial charge < -0.3 is 31.3 Å². The second kappa shape index (κ2) is 16.6. The molecule has 1 aromatic heterocycles. The Balaban J connectivity index is 1.33. The first-order valence-corrected chi connectivity index (χ1v) is 18.4. The summed E-state index contributed by atoms with van der Waals surface area (Å²) < 4.78 is 5.42. The first-order valence-electron chi connectivity index (χ1n) is 17.5. The van der Waals surface area contributed by atoms with Crippen LogP contribution in [0.15, 0.2) is 66.0 Å². The Morgan fingerprint density at radius 2 is 1.65 bits per heavy atom. The highest BCUT2D eigenvalue weighted by Crippen LogP contribution is 2.30. The molecule has 6 unspecified atom stereocenters. The number of epoxide rings is 1. The molecule has 4 amide bonds. The highest BCUT2D eigenvalue weighted by molar-refractivity contribution is 7.13. The number of ketones is 1. The minimum atomic E-state index is -0.939. The Labute approximate surface area is 302 Å². The number of ether oxygens (including phenoxy) is 1. The molecular formula is C38H48N6O6S. The van der Waals surface area contributed by atoms with Gasteiger partial charge in [-0.05, 0) is 56.6 Å². The van der Waals surface area contributed by atoms with Crippen molar-refractivity contribution in [3.8, 4) is 0 Å². The van der Waals surface area contributed by atoms with Gasteiger partial charge in [-0.15, -0.1) is 11.3 Å². The van der Waals surface area contributed by atoms with Crippen molar-refractivity contribution in [2.24, 2.45) is 5.92 Å². The minimum Gasteiger partial charge on any atom is -0.375 e. The molecule has 0 radical (unpaired) electrons. The summed E-state index contributed by atoms with van der Waals surface area (Å²) in [6.45, 7) is 7.83. The lowest BCUT2D eigenvalue weighted by atomic mass is 9.92. The molecule has 0 saturated carbocycles. The van der Waals surface area contributed by atoms with E-state index in [2.05, 4.69) is 20.9 Å². The van der Waals surface area contributed by atoms with E-state index < -0.39 is 59.4 Å². The van der Waals surface area contributed by atoms with Crippen molar-refractivity contribution in [2.75, 3.05) is 12.3 Å². The molecule has 5 N–H and O–H groups in total. The van der Waals surface area contributed by atoms with Gasteiger partial charge in [0.05, 0.1) is 24.8 Å². The summed E-state index contributed by atoms with van der Waals surface area (Å²) in [6.07, 6.45) is 1.68. The van der Waals surface area contributed by atoms with Gasteiger partial charge in [0.2, 0.25) is 23.6 Å². The number of rotatable bonds is 17. The van der Waals surface area contributed by atoms with Crippen LogP contribution in [-0.4, -0.2) is 81.7 Å².